The molecular formula is C17H26Cl2NSiZr. The number of nitrogens with zero attached hydrogens (tertiary/aromatic N) is 1. The van der Waals surface area contributed by atoms with Crippen molar-refractivity contribution in [3.8, 4) is 0 Å². The zero-order chi connectivity index (χ0) is 14.2. The summed E-state index contributed by atoms with van der Waals surface area (Å²) in [5.41, 5.74) is 0. The van der Waals surface area contributed by atoms with Crippen LogP contribution in [0.4, 0.5) is 0 Å². The van der Waals surface area contributed by atoms with E-state index in [2.05, 4.69) is 48.6 Å². The molecule has 0 spiro atoms. The molecule has 0 aromatic carbocycles. The van der Waals surface area contributed by atoms with E-state index in [1.807, 2.05) is 36.5 Å². The van der Waals surface area contributed by atoms with Crippen LogP contribution >= 0.6 is 24.8 Å². The number of rotatable bonds is 5. The summed E-state index contributed by atoms with van der Waals surface area (Å²) in [4.78, 5) is 0. The molecule has 0 heterocycles. The van der Waals surface area contributed by atoms with Gasteiger partial charge < -0.3 is 4.57 Å². The van der Waals surface area contributed by atoms with Gasteiger partial charge in [0.15, 0.2) is 0 Å². The molecule has 0 fully saturated rings. The normalized spacial score (nSPS) is 11.9. The van der Waals surface area contributed by atoms with E-state index in [9.17, 15) is 0 Å². The topological polar surface area (TPSA) is 3.24 Å². The van der Waals surface area contributed by atoms with Crippen molar-refractivity contribution in [2.45, 2.75) is 19.4 Å². The summed E-state index contributed by atoms with van der Waals surface area (Å²) in [5.74, 6) is 0. The Morgan fingerprint density at radius 1 is 1.00 bits per heavy atom. The predicted octanol–water partition coefficient (Wildman–Crippen LogP) is 4.51. The van der Waals surface area contributed by atoms with Gasteiger partial charge in [0, 0.05) is 13.1 Å². The van der Waals surface area contributed by atoms with Crippen LogP contribution in [0.3, 0.4) is 0 Å². The van der Waals surface area contributed by atoms with Crippen LogP contribution in [0.15, 0.2) is 61.8 Å². The fraction of sp³-hybridized carbons (Fsp3) is 0.294. The smallest absolute Gasteiger partial charge is 0.321 e. The van der Waals surface area contributed by atoms with Crippen LogP contribution in [0.1, 0.15) is 12.8 Å². The number of hydrogen-bond acceptors (Lipinski definition) is 1. The number of halogens is 2. The van der Waals surface area contributed by atoms with E-state index in [4.69, 9.17) is 0 Å². The molecule has 0 bridgehead atoms. The maximum atomic E-state index is 3.67. The van der Waals surface area contributed by atoms with Crippen LogP contribution < -0.4 is 0 Å². The standard InChI is InChI=1S/C7H14NSi.2C5H5.2ClH.Zr/c1-4-6-8(9-3)7-5-2;2*1-2-4-5-3-1;;;/h4-5,9H,1-2,6-7H2,3H3;2*1-3H,4H2;2*1H;/q;2*-1;;;+2. The third kappa shape index (κ3) is 22.4. The first-order valence-electron chi connectivity index (χ1n) is 6.54. The second-order valence-electron chi connectivity index (χ2n) is 3.80. The van der Waals surface area contributed by atoms with E-state index in [-0.39, 0.29) is 51.0 Å². The summed E-state index contributed by atoms with van der Waals surface area (Å²) < 4.78 is 2.33. The average Bonchev–Trinajstić information content (AvgIpc) is 3.15. The number of allylic oxidation sites excluding steroid dienone is 8. The Morgan fingerprint density at radius 3 is 1.55 bits per heavy atom. The summed E-state index contributed by atoms with van der Waals surface area (Å²) in [6.45, 7) is 11.5. The molecule has 0 N–H and O–H groups in total. The van der Waals surface area contributed by atoms with Gasteiger partial charge in [-0.05, 0) is 0 Å². The zero-order valence-corrected chi connectivity index (χ0v) is 18.4. The van der Waals surface area contributed by atoms with E-state index >= 15 is 0 Å². The van der Waals surface area contributed by atoms with Crippen LogP contribution in [0.5, 0.6) is 0 Å². The fourth-order valence-corrected chi connectivity index (χ4v) is 2.02. The van der Waals surface area contributed by atoms with Gasteiger partial charge in [-0.3, -0.25) is 12.2 Å². The van der Waals surface area contributed by atoms with Gasteiger partial charge in [-0.1, -0.05) is 18.7 Å². The molecule has 0 saturated heterocycles. The van der Waals surface area contributed by atoms with Crippen molar-refractivity contribution in [2.24, 2.45) is 0 Å². The fourth-order valence-electron chi connectivity index (χ4n) is 1.30. The van der Waals surface area contributed by atoms with Crippen molar-refractivity contribution in [1.29, 1.82) is 0 Å². The summed E-state index contributed by atoms with van der Waals surface area (Å²) in [7, 11) is 0.425. The Balaban J connectivity index is -0.000000108. The Morgan fingerprint density at radius 2 is 1.41 bits per heavy atom. The van der Waals surface area contributed by atoms with Crippen LogP contribution in [-0.4, -0.2) is 27.3 Å². The Bertz CT molecular complexity index is 301. The van der Waals surface area contributed by atoms with Gasteiger partial charge in [0.05, 0.1) is 0 Å². The van der Waals surface area contributed by atoms with Gasteiger partial charge in [0.1, 0.15) is 9.68 Å². The average molecular weight is 435 g/mol. The van der Waals surface area contributed by atoms with Crippen molar-refractivity contribution in [3.63, 3.8) is 0 Å². The van der Waals surface area contributed by atoms with E-state index in [0.29, 0.717) is 9.68 Å². The molecule has 1 nitrogen and oxygen atoms in total. The quantitative estimate of drug-likeness (QED) is 0.350. The molecule has 0 aromatic heterocycles. The molecular weight excluding hydrogens is 408 g/mol. The van der Waals surface area contributed by atoms with Crippen molar-refractivity contribution < 1.29 is 26.2 Å². The zero-order valence-electron chi connectivity index (χ0n) is 13.2. The van der Waals surface area contributed by atoms with Crippen LogP contribution in [-0.2, 0) is 26.2 Å². The third-order valence-corrected chi connectivity index (χ3v) is 3.42. The molecule has 2 aliphatic carbocycles. The van der Waals surface area contributed by atoms with E-state index in [0.717, 1.165) is 25.9 Å². The molecule has 22 heavy (non-hydrogen) atoms. The SMILES string of the molecule is C=CCN(CC=C)[SiH]C.Cl.Cl.[C-]1=CC=CC1.[C-]1=CC=CC1.[Zr+2]. The van der Waals surface area contributed by atoms with Crippen LogP contribution in [0.2, 0.25) is 6.55 Å². The second-order valence-corrected chi connectivity index (χ2v) is 5.04. The summed E-state index contributed by atoms with van der Waals surface area (Å²) in [6, 6.07) is 0. The van der Waals surface area contributed by atoms with Crippen molar-refractivity contribution >= 4 is 34.5 Å². The summed E-state index contributed by atoms with van der Waals surface area (Å²) >= 11 is 0. The van der Waals surface area contributed by atoms with Gasteiger partial charge >= 0.3 is 26.2 Å². The summed E-state index contributed by atoms with van der Waals surface area (Å²) in [5, 5.41) is 0. The van der Waals surface area contributed by atoms with Gasteiger partial charge in [0.25, 0.3) is 0 Å². The number of hydrogen-bond donors (Lipinski definition) is 0. The monoisotopic (exact) mass is 432 g/mol. The molecule has 2 rings (SSSR count). The molecule has 0 saturated carbocycles. The molecule has 0 amide bonds. The van der Waals surface area contributed by atoms with Crippen LogP contribution in [0.25, 0.3) is 0 Å². The van der Waals surface area contributed by atoms with Crippen molar-refractivity contribution in [2.75, 3.05) is 13.1 Å². The first-order valence-corrected chi connectivity index (χ1v) is 8.21. The molecule has 0 aromatic rings. The van der Waals surface area contributed by atoms with Gasteiger partial charge in [-0.15, -0.1) is 50.8 Å². The maximum Gasteiger partial charge on any atom is 2.00 e. The predicted molar refractivity (Wildman–Crippen MR) is 103 cm³/mol. The van der Waals surface area contributed by atoms with Crippen molar-refractivity contribution in [3.05, 3.63) is 73.9 Å². The largest absolute Gasteiger partial charge is 2.00 e. The molecule has 5 heteroatoms. The molecule has 121 valence electrons. The maximum absolute atomic E-state index is 3.67. The van der Waals surface area contributed by atoms with Gasteiger partial charge in [0.2, 0.25) is 0 Å². The molecule has 2 aliphatic rings. The minimum Gasteiger partial charge on any atom is -0.321 e. The molecule has 1 radical (unpaired) electrons. The molecule has 0 atom stereocenters. The molecule has 0 unspecified atom stereocenters. The van der Waals surface area contributed by atoms with Gasteiger partial charge in [-0.2, -0.15) is 12.2 Å². The first kappa shape index (κ1) is 30.0. The molecule has 0 aliphatic heterocycles. The van der Waals surface area contributed by atoms with E-state index in [1.165, 1.54) is 0 Å². The minimum atomic E-state index is 0. The Kier molecular flexibility index (Phi) is 35.5. The minimum absolute atomic E-state index is 0. The summed E-state index contributed by atoms with van der Waals surface area (Å²) in [6.07, 6.45) is 23.9. The third-order valence-electron chi connectivity index (χ3n) is 2.26. The Labute approximate surface area is 170 Å². The Hall–Kier alpha value is 0.0800. The van der Waals surface area contributed by atoms with Gasteiger partial charge in [-0.25, -0.2) is 24.3 Å². The van der Waals surface area contributed by atoms with Crippen molar-refractivity contribution in [1.82, 2.24) is 4.57 Å². The second kappa shape index (κ2) is 26.0. The first-order chi connectivity index (χ1) is 9.35. The van der Waals surface area contributed by atoms with Crippen LogP contribution in [0, 0.1) is 12.2 Å². The van der Waals surface area contributed by atoms with E-state index in [1.54, 1.807) is 0 Å². The van der Waals surface area contributed by atoms with E-state index < -0.39 is 0 Å².